The summed E-state index contributed by atoms with van der Waals surface area (Å²) in [6.45, 7) is 0. The predicted octanol–water partition coefficient (Wildman–Crippen LogP) is 4.15. The molecule has 2 aromatic carbocycles. The van der Waals surface area contributed by atoms with Crippen LogP contribution in [0, 0.1) is 10.1 Å². The summed E-state index contributed by atoms with van der Waals surface area (Å²) in [6.07, 6.45) is 4.50. The van der Waals surface area contributed by atoms with E-state index in [4.69, 9.17) is 16.3 Å². The van der Waals surface area contributed by atoms with Gasteiger partial charge in [-0.25, -0.2) is 9.79 Å². The Morgan fingerprint density at radius 1 is 1.12 bits per heavy atom. The quantitative estimate of drug-likeness (QED) is 0.357. The predicted molar refractivity (Wildman–Crippen MR) is 94.3 cm³/mol. The number of para-hydroxylation sites is 1. The molecule has 0 atom stereocenters. The van der Waals surface area contributed by atoms with Gasteiger partial charge in [0.15, 0.2) is 5.70 Å². The number of hydrogen-bond donors (Lipinski definition) is 0. The molecule has 0 fully saturated rings. The zero-order chi connectivity index (χ0) is 17.8. The summed E-state index contributed by atoms with van der Waals surface area (Å²) in [5.41, 5.74) is 1.15. The molecule has 7 heteroatoms. The molecule has 0 N–H and O–H groups in total. The number of allylic oxidation sites excluding steroid dienone is 2. The van der Waals surface area contributed by atoms with Crippen LogP contribution in [0.25, 0.3) is 6.08 Å². The van der Waals surface area contributed by atoms with Crippen LogP contribution in [0.15, 0.2) is 71.4 Å². The number of nitrogens with zero attached hydrogens (tertiary/aromatic N) is 2. The molecule has 1 heterocycles. The lowest BCUT2D eigenvalue weighted by atomic mass is 10.1. The van der Waals surface area contributed by atoms with E-state index in [0.29, 0.717) is 16.1 Å². The molecule has 6 nitrogen and oxygen atoms in total. The van der Waals surface area contributed by atoms with Crippen molar-refractivity contribution in [2.24, 2.45) is 4.99 Å². The molecule has 0 aliphatic carbocycles. The molecule has 0 spiro atoms. The van der Waals surface area contributed by atoms with Gasteiger partial charge in [-0.3, -0.25) is 10.1 Å². The van der Waals surface area contributed by atoms with Crippen molar-refractivity contribution in [3.8, 4) is 0 Å². The third-order valence-electron chi connectivity index (χ3n) is 3.38. The zero-order valence-corrected chi connectivity index (χ0v) is 13.5. The lowest BCUT2D eigenvalue weighted by Gasteiger charge is -1.98. The molecule has 0 aromatic heterocycles. The van der Waals surface area contributed by atoms with Gasteiger partial charge in [-0.1, -0.05) is 29.8 Å². The first-order valence-electron chi connectivity index (χ1n) is 7.23. The number of esters is 1. The van der Waals surface area contributed by atoms with Gasteiger partial charge in [-0.15, -0.1) is 0 Å². The highest BCUT2D eigenvalue weighted by Crippen LogP contribution is 2.21. The molecular weight excluding hydrogens is 344 g/mol. The number of nitro groups is 1. The standard InChI is InChI=1S/C18H11ClN2O4/c19-14-10-8-13(9-11-14)17-20-15(18(22)25-17)6-3-5-12-4-1-2-7-16(12)21(23)24/h1-11H/b5-3+,15-6+. The van der Waals surface area contributed by atoms with Gasteiger partial charge in [-0.2, -0.15) is 0 Å². The molecule has 1 aliphatic heterocycles. The Bertz CT molecular complexity index is 930. The van der Waals surface area contributed by atoms with Gasteiger partial charge in [0.1, 0.15) is 0 Å². The molecule has 124 valence electrons. The van der Waals surface area contributed by atoms with Crippen LogP contribution in [0.4, 0.5) is 5.69 Å². The van der Waals surface area contributed by atoms with E-state index in [1.807, 2.05) is 0 Å². The van der Waals surface area contributed by atoms with Crippen molar-refractivity contribution in [3.05, 3.63) is 92.6 Å². The molecule has 0 amide bonds. The fraction of sp³-hybridized carbons (Fsp3) is 0. The van der Waals surface area contributed by atoms with E-state index in [1.54, 1.807) is 42.5 Å². The highest BCUT2D eigenvalue weighted by atomic mass is 35.5. The molecular formula is C18H11ClN2O4. The van der Waals surface area contributed by atoms with Crippen molar-refractivity contribution in [2.75, 3.05) is 0 Å². The van der Waals surface area contributed by atoms with E-state index < -0.39 is 10.9 Å². The van der Waals surface area contributed by atoms with E-state index in [-0.39, 0.29) is 17.3 Å². The number of benzene rings is 2. The topological polar surface area (TPSA) is 81.8 Å². The smallest absolute Gasteiger partial charge is 0.363 e. The van der Waals surface area contributed by atoms with Gasteiger partial charge < -0.3 is 4.74 Å². The Labute approximate surface area is 147 Å². The summed E-state index contributed by atoms with van der Waals surface area (Å²) < 4.78 is 5.12. The number of carbonyl (C=O) groups is 1. The van der Waals surface area contributed by atoms with Crippen molar-refractivity contribution in [3.63, 3.8) is 0 Å². The minimum absolute atomic E-state index is 0.0171. The maximum absolute atomic E-state index is 11.9. The first kappa shape index (κ1) is 16.6. The van der Waals surface area contributed by atoms with Crippen molar-refractivity contribution >= 4 is 35.2 Å². The second kappa shape index (κ2) is 7.11. The molecule has 0 saturated carbocycles. The number of rotatable bonds is 4. The number of nitro benzene ring substituents is 1. The molecule has 3 rings (SSSR count). The Morgan fingerprint density at radius 2 is 1.84 bits per heavy atom. The Morgan fingerprint density at radius 3 is 2.56 bits per heavy atom. The van der Waals surface area contributed by atoms with Crippen LogP contribution in [0.1, 0.15) is 11.1 Å². The van der Waals surface area contributed by atoms with E-state index in [1.165, 1.54) is 24.3 Å². The average molecular weight is 355 g/mol. The normalized spacial score (nSPS) is 15.5. The second-order valence-corrected chi connectivity index (χ2v) is 5.48. The monoisotopic (exact) mass is 354 g/mol. The van der Waals surface area contributed by atoms with Crippen LogP contribution in [0.5, 0.6) is 0 Å². The molecule has 2 aromatic rings. The maximum Gasteiger partial charge on any atom is 0.363 e. The zero-order valence-electron chi connectivity index (χ0n) is 12.8. The number of ether oxygens (including phenoxy) is 1. The SMILES string of the molecule is O=C1OC(c2ccc(Cl)cc2)=N/C1=C/C=C/c1ccccc1[N+](=O)[O-]. The van der Waals surface area contributed by atoms with Crippen LogP contribution >= 0.6 is 11.6 Å². The molecule has 0 saturated heterocycles. The summed E-state index contributed by atoms with van der Waals surface area (Å²) in [4.78, 5) is 26.5. The van der Waals surface area contributed by atoms with E-state index >= 15 is 0 Å². The van der Waals surface area contributed by atoms with Gasteiger partial charge >= 0.3 is 5.97 Å². The van der Waals surface area contributed by atoms with Crippen molar-refractivity contribution < 1.29 is 14.5 Å². The van der Waals surface area contributed by atoms with Crippen molar-refractivity contribution in [1.29, 1.82) is 0 Å². The van der Waals surface area contributed by atoms with Crippen molar-refractivity contribution in [1.82, 2.24) is 0 Å². The number of cyclic esters (lactones) is 1. The largest absolute Gasteiger partial charge is 0.402 e. The summed E-state index contributed by atoms with van der Waals surface area (Å²) in [6, 6.07) is 13.0. The first-order valence-corrected chi connectivity index (χ1v) is 7.61. The lowest BCUT2D eigenvalue weighted by molar-refractivity contribution is -0.385. The van der Waals surface area contributed by atoms with Gasteiger partial charge in [0.25, 0.3) is 5.69 Å². The number of aliphatic imine (C=N–C) groups is 1. The fourth-order valence-corrected chi connectivity index (χ4v) is 2.30. The fourth-order valence-electron chi connectivity index (χ4n) is 2.18. The summed E-state index contributed by atoms with van der Waals surface area (Å²) in [5.74, 6) is -0.399. The summed E-state index contributed by atoms with van der Waals surface area (Å²) in [7, 11) is 0. The van der Waals surface area contributed by atoms with Crippen molar-refractivity contribution in [2.45, 2.75) is 0 Å². The highest BCUT2D eigenvalue weighted by molar-refractivity contribution is 6.30. The Hall–Kier alpha value is -3.25. The first-order chi connectivity index (χ1) is 12.0. The van der Waals surface area contributed by atoms with Crippen LogP contribution < -0.4 is 0 Å². The lowest BCUT2D eigenvalue weighted by Crippen LogP contribution is -2.04. The second-order valence-electron chi connectivity index (χ2n) is 5.04. The average Bonchev–Trinajstić information content (AvgIpc) is 2.97. The molecule has 25 heavy (non-hydrogen) atoms. The van der Waals surface area contributed by atoms with Crippen LogP contribution in [-0.4, -0.2) is 16.8 Å². The molecule has 1 aliphatic rings. The molecule has 0 radical (unpaired) electrons. The third kappa shape index (κ3) is 3.81. The van der Waals surface area contributed by atoms with E-state index in [2.05, 4.69) is 4.99 Å². The third-order valence-corrected chi connectivity index (χ3v) is 3.63. The van der Waals surface area contributed by atoms with Crippen LogP contribution in [-0.2, 0) is 9.53 Å². The highest BCUT2D eigenvalue weighted by Gasteiger charge is 2.23. The molecule has 0 bridgehead atoms. The summed E-state index contributed by atoms with van der Waals surface area (Å²) >= 11 is 5.82. The number of carbonyl (C=O) groups excluding carboxylic acids is 1. The van der Waals surface area contributed by atoms with E-state index in [0.717, 1.165) is 0 Å². The maximum atomic E-state index is 11.9. The minimum atomic E-state index is -0.586. The Kier molecular flexibility index (Phi) is 4.72. The Balaban J connectivity index is 1.83. The van der Waals surface area contributed by atoms with Gasteiger partial charge in [-0.05, 0) is 42.5 Å². The molecule has 0 unspecified atom stereocenters. The van der Waals surface area contributed by atoms with Crippen LogP contribution in [0.2, 0.25) is 5.02 Å². The minimum Gasteiger partial charge on any atom is -0.402 e. The van der Waals surface area contributed by atoms with Crippen LogP contribution in [0.3, 0.4) is 0 Å². The van der Waals surface area contributed by atoms with E-state index in [9.17, 15) is 14.9 Å². The van der Waals surface area contributed by atoms with Gasteiger partial charge in [0.2, 0.25) is 5.90 Å². The number of hydrogen-bond acceptors (Lipinski definition) is 5. The van der Waals surface area contributed by atoms with Gasteiger partial charge in [0.05, 0.1) is 10.5 Å². The summed E-state index contributed by atoms with van der Waals surface area (Å²) in [5, 5.41) is 11.5. The van der Waals surface area contributed by atoms with Gasteiger partial charge in [0, 0.05) is 16.7 Å². The number of halogens is 1.